The summed E-state index contributed by atoms with van der Waals surface area (Å²) >= 11 is 0. The van der Waals surface area contributed by atoms with Crippen LogP contribution < -0.4 is 11.1 Å². The quantitative estimate of drug-likeness (QED) is 0.853. The molecule has 0 radical (unpaired) electrons. The second-order valence-electron chi connectivity index (χ2n) is 5.52. The van der Waals surface area contributed by atoms with Gasteiger partial charge >= 0.3 is 6.09 Å². The van der Waals surface area contributed by atoms with Gasteiger partial charge in [0.25, 0.3) is 0 Å². The number of imidazole rings is 1. The average molecular weight is 268 g/mol. The number of nitrogens with zero attached hydrogens (tertiary/aromatic N) is 2. The van der Waals surface area contributed by atoms with Crippen molar-refractivity contribution in [3.8, 4) is 0 Å². The highest BCUT2D eigenvalue weighted by Gasteiger charge is 2.19. The van der Waals surface area contributed by atoms with Gasteiger partial charge in [-0.25, -0.2) is 9.78 Å². The van der Waals surface area contributed by atoms with E-state index >= 15 is 0 Å². The molecular weight excluding hydrogens is 244 g/mol. The van der Waals surface area contributed by atoms with Crippen LogP contribution in [0.15, 0.2) is 12.5 Å². The number of ether oxygens (including phenoxy) is 1. The van der Waals surface area contributed by atoms with Gasteiger partial charge in [0.1, 0.15) is 5.60 Å². The molecule has 1 atom stereocenters. The number of nitrogens with one attached hydrogen (secondary N) is 1. The Morgan fingerprint density at radius 2 is 2.26 bits per heavy atom. The lowest BCUT2D eigenvalue weighted by molar-refractivity contribution is 0.0506. The average Bonchev–Trinajstić information content (AvgIpc) is 2.71. The third-order valence-corrected chi connectivity index (χ3v) is 2.52. The Bertz CT molecular complexity index is 409. The van der Waals surface area contributed by atoms with Gasteiger partial charge in [0.15, 0.2) is 0 Å². The van der Waals surface area contributed by atoms with Gasteiger partial charge in [0.05, 0.1) is 24.3 Å². The van der Waals surface area contributed by atoms with E-state index in [1.807, 2.05) is 32.3 Å². The molecule has 1 heterocycles. The summed E-state index contributed by atoms with van der Waals surface area (Å²) in [5, 5.41) is 2.80. The highest BCUT2D eigenvalue weighted by Crippen LogP contribution is 2.14. The van der Waals surface area contributed by atoms with E-state index in [0.717, 1.165) is 18.7 Å². The summed E-state index contributed by atoms with van der Waals surface area (Å²) in [6.45, 7) is 8.84. The zero-order valence-electron chi connectivity index (χ0n) is 12.1. The number of rotatable bonds is 5. The predicted octanol–water partition coefficient (Wildman–Crippen LogP) is 1.82. The summed E-state index contributed by atoms with van der Waals surface area (Å²) in [6.07, 6.45) is 3.95. The standard InChI is InChI=1S/C13H24N4O2/c1-10(16-12(18)19-13(2,3)4)11-8-15-9-17(11)7-5-6-14/h8-10H,5-7,14H2,1-4H3,(H,16,18)/t10-/m1/s1. The summed E-state index contributed by atoms with van der Waals surface area (Å²) in [5.74, 6) is 0. The molecule has 0 unspecified atom stereocenters. The van der Waals surface area contributed by atoms with Gasteiger partial charge in [-0.15, -0.1) is 0 Å². The highest BCUT2D eigenvalue weighted by atomic mass is 16.6. The van der Waals surface area contributed by atoms with Crippen molar-refractivity contribution in [2.24, 2.45) is 5.73 Å². The Morgan fingerprint density at radius 1 is 1.58 bits per heavy atom. The lowest BCUT2D eigenvalue weighted by Crippen LogP contribution is -2.34. The van der Waals surface area contributed by atoms with Gasteiger partial charge in [-0.05, 0) is 40.7 Å². The zero-order valence-corrected chi connectivity index (χ0v) is 12.1. The van der Waals surface area contributed by atoms with Gasteiger partial charge in [0, 0.05) is 6.54 Å². The van der Waals surface area contributed by atoms with Crippen molar-refractivity contribution in [2.75, 3.05) is 6.54 Å². The number of nitrogens with two attached hydrogens (primary N) is 1. The third kappa shape index (κ3) is 5.30. The highest BCUT2D eigenvalue weighted by molar-refractivity contribution is 5.68. The maximum atomic E-state index is 11.7. The molecule has 0 bridgehead atoms. The Labute approximate surface area is 114 Å². The molecule has 3 N–H and O–H groups in total. The van der Waals surface area contributed by atoms with E-state index in [1.165, 1.54) is 0 Å². The molecule has 1 aromatic rings. The number of amides is 1. The van der Waals surface area contributed by atoms with Crippen LogP contribution in [0.4, 0.5) is 4.79 Å². The van der Waals surface area contributed by atoms with Crippen LogP contribution in [0.25, 0.3) is 0 Å². The number of hydrogen-bond donors (Lipinski definition) is 2. The molecule has 1 aromatic heterocycles. The van der Waals surface area contributed by atoms with E-state index in [9.17, 15) is 4.79 Å². The van der Waals surface area contributed by atoms with E-state index in [0.29, 0.717) is 6.54 Å². The van der Waals surface area contributed by atoms with E-state index in [4.69, 9.17) is 10.5 Å². The van der Waals surface area contributed by atoms with Gasteiger partial charge in [0.2, 0.25) is 0 Å². The van der Waals surface area contributed by atoms with Crippen LogP contribution in [0.2, 0.25) is 0 Å². The Hall–Kier alpha value is -1.56. The largest absolute Gasteiger partial charge is 0.444 e. The third-order valence-electron chi connectivity index (χ3n) is 2.52. The minimum absolute atomic E-state index is 0.157. The van der Waals surface area contributed by atoms with E-state index in [1.54, 1.807) is 12.5 Å². The van der Waals surface area contributed by atoms with Crippen LogP contribution in [0.5, 0.6) is 0 Å². The topological polar surface area (TPSA) is 82.2 Å². The van der Waals surface area contributed by atoms with Crippen LogP contribution >= 0.6 is 0 Å². The van der Waals surface area contributed by atoms with Crippen LogP contribution in [0.1, 0.15) is 45.9 Å². The normalized spacial score (nSPS) is 13.1. The summed E-state index contributed by atoms with van der Waals surface area (Å²) in [4.78, 5) is 15.8. The molecule has 19 heavy (non-hydrogen) atoms. The first-order chi connectivity index (χ1) is 8.83. The van der Waals surface area contributed by atoms with Crippen molar-refractivity contribution in [1.82, 2.24) is 14.9 Å². The molecule has 0 aliphatic rings. The SMILES string of the molecule is C[C@@H](NC(=O)OC(C)(C)C)c1cncn1CCCN. The number of hydrogen-bond acceptors (Lipinski definition) is 4. The number of alkyl carbamates (subject to hydrolysis) is 1. The minimum atomic E-state index is -0.496. The first kappa shape index (κ1) is 15.5. The van der Waals surface area contributed by atoms with E-state index in [-0.39, 0.29) is 6.04 Å². The van der Waals surface area contributed by atoms with Crippen molar-refractivity contribution >= 4 is 6.09 Å². The maximum Gasteiger partial charge on any atom is 0.408 e. The summed E-state index contributed by atoms with van der Waals surface area (Å²) in [5.41, 5.74) is 5.95. The fraction of sp³-hybridized carbons (Fsp3) is 0.692. The fourth-order valence-corrected chi connectivity index (χ4v) is 1.70. The molecule has 0 aromatic carbocycles. The van der Waals surface area contributed by atoms with Gasteiger partial charge in [-0.1, -0.05) is 0 Å². The Morgan fingerprint density at radius 3 is 2.84 bits per heavy atom. The van der Waals surface area contributed by atoms with Crippen molar-refractivity contribution in [2.45, 2.75) is 52.3 Å². The van der Waals surface area contributed by atoms with Crippen LogP contribution in [-0.2, 0) is 11.3 Å². The molecule has 1 amide bonds. The van der Waals surface area contributed by atoms with Crippen molar-refractivity contribution < 1.29 is 9.53 Å². The molecule has 0 saturated heterocycles. The van der Waals surface area contributed by atoms with Crippen LogP contribution in [-0.4, -0.2) is 27.8 Å². The summed E-state index contributed by atoms with van der Waals surface area (Å²) in [6, 6.07) is -0.157. The first-order valence-electron chi connectivity index (χ1n) is 6.53. The van der Waals surface area contributed by atoms with Gasteiger partial charge < -0.3 is 20.4 Å². The summed E-state index contributed by atoms with van der Waals surface area (Å²) < 4.78 is 7.22. The molecule has 0 saturated carbocycles. The monoisotopic (exact) mass is 268 g/mol. The Kier molecular flexibility index (Phi) is 5.35. The predicted molar refractivity (Wildman–Crippen MR) is 73.7 cm³/mol. The molecular formula is C13H24N4O2. The molecule has 6 heteroatoms. The molecule has 0 aliphatic heterocycles. The lowest BCUT2D eigenvalue weighted by Gasteiger charge is -2.22. The molecule has 1 rings (SSSR count). The molecule has 6 nitrogen and oxygen atoms in total. The smallest absolute Gasteiger partial charge is 0.408 e. The van der Waals surface area contributed by atoms with Crippen LogP contribution in [0.3, 0.4) is 0 Å². The molecule has 0 fully saturated rings. The summed E-state index contributed by atoms with van der Waals surface area (Å²) in [7, 11) is 0. The lowest BCUT2D eigenvalue weighted by atomic mass is 10.2. The van der Waals surface area contributed by atoms with Crippen molar-refractivity contribution in [3.05, 3.63) is 18.2 Å². The van der Waals surface area contributed by atoms with Gasteiger partial charge in [-0.2, -0.15) is 0 Å². The number of carbonyl (C=O) groups excluding carboxylic acids is 1. The van der Waals surface area contributed by atoms with Crippen molar-refractivity contribution in [1.29, 1.82) is 0 Å². The number of carbonyl (C=O) groups is 1. The molecule has 108 valence electrons. The maximum absolute atomic E-state index is 11.7. The van der Waals surface area contributed by atoms with Gasteiger partial charge in [-0.3, -0.25) is 0 Å². The Balaban J connectivity index is 2.60. The van der Waals surface area contributed by atoms with E-state index < -0.39 is 11.7 Å². The van der Waals surface area contributed by atoms with Crippen molar-refractivity contribution in [3.63, 3.8) is 0 Å². The first-order valence-corrected chi connectivity index (χ1v) is 6.53. The fourth-order valence-electron chi connectivity index (χ4n) is 1.70. The number of aromatic nitrogens is 2. The second kappa shape index (κ2) is 6.56. The zero-order chi connectivity index (χ0) is 14.5. The van der Waals surface area contributed by atoms with Crippen LogP contribution in [0, 0.1) is 0 Å². The van der Waals surface area contributed by atoms with E-state index in [2.05, 4.69) is 10.3 Å². The molecule has 0 aliphatic carbocycles. The second-order valence-corrected chi connectivity index (χ2v) is 5.52. The number of aryl methyl sites for hydroxylation is 1. The minimum Gasteiger partial charge on any atom is -0.444 e. The molecule has 0 spiro atoms.